The number of thioether (sulfide) groups is 1. The smallest absolute Gasteiger partial charge is 0.316 e. The normalized spacial score (nSPS) is 10.4. The van der Waals surface area contributed by atoms with Gasteiger partial charge in [0.2, 0.25) is 0 Å². The second-order valence-electron chi connectivity index (χ2n) is 4.06. The number of aryl methyl sites for hydroxylation is 1. The van der Waals surface area contributed by atoms with Crippen molar-refractivity contribution < 1.29 is 14.5 Å². The van der Waals surface area contributed by atoms with Gasteiger partial charge >= 0.3 is 5.97 Å². The first kappa shape index (κ1) is 14.5. The zero-order valence-electron chi connectivity index (χ0n) is 10.5. The zero-order chi connectivity index (χ0) is 13.7. The second-order valence-corrected chi connectivity index (χ2v) is 5.07. The van der Waals surface area contributed by atoms with Crippen LogP contribution in [0.2, 0.25) is 0 Å². The van der Waals surface area contributed by atoms with Crippen molar-refractivity contribution in [2.45, 2.75) is 31.8 Å². The Balaban J connectivity index is 2.73. The molecule has 0 N–H and O–H groups in total. The van der Waals surface area contributed by atoms with Crippen molar-refractivity contribution in [2.24, 2.45) is 0 Å². The molecule has 0 aliphatic rings. The second kappa shape index (κ2) is 6.39. The molecule has 98 valence electrons. The highest BCUT2D eigenvalue weighted by molar-refractivity contribution is 8.00. The highest BCUT2D eigenvalue weighted by atomic mass is 32.2. The molecule has 0 heterocycles. The maximum atomic E-state index is 11.4. The van der Waals surface area contributed by atoms with Gasteiger partial charge in [-0.1, -0.05) is 6.07 Å². The summed E-state index contributed by atoms with van der Waals surface area (Å²) in [4.78, 5) is 22.3. The molecule has 5 nitrogen and oxygen atoms in total. The number of hydrogen-bond donors (Lipinski definition) is 0. The lowest BCUT2D eigenvalue weighted by Crippen LogP contribution is -2.13. The molecule has 6 heteroatoms. The molecule has 0 spiro atoms. The summed E-state index contributed by atoms with van der Waals surface area (Å²) in [6, 6.07) is 4.93. The molecule has 1 aromatic rings. The van der Waals surface area contributed by atoms with E-state index in [4.69, 9.17) is 4.74 Å². The van der Waals surface area contributed by atoms with E-state index in [-0.39, 0.29) is 23.5 Å². The monoisotopic (exact) mass is 269 g/mol. The summed E-state index contributed by atoms with van der Waals surface area (Å²) in [5.74, 6) is -0.299. The molecule has 0 radical (unpaired) electrons. The summed E-state index contributed by atoms with van der Waals surface area (Å²) in [6.07, 6.45) is -0.175. The van der Waals surface area contributed by atoms with Gasteiger partial charge < -0.3 is 4.74 Å². The third kappa shape index (κ3) is 4.37. The first-order valence-electron chi connectivity index (χ1n) is 5.47. The van der Waals surface area contributed by atoms with Crippen molar-refractivity contribution in [3.8, 4) is 0 Å². The number of hydrogen-bond acceptors (Lipinski definition) is 5. The van der Waals surface area contributed by atoms with E-state index in [0.717, 1.165) is 17.3 Å². The van der Waals surface area contributed by atoms with Gasteiger partial charge in [-0.3, -0.25) is 14.9 Å². The van der Waals surface area contributed by atoms with Crippen LogP contribution in [0.3, 0.4) is 0 Å². The Bertz CT molecular complexity index is 459. The van der Waals surface area contributed by atoms with Crippen LogP contribution in [0.5, 0.6) is 0 Å². The van der Waals surface area contributed by atoms with Crippen molar-refractivity contribution in [1.29, 1.82) is 0 Å². The molecule has 1 aromatic carbocycles. The molecule has 0 fully saturated rings. The van der Waals surface area contributed by atoms with Gasteiger partial charge in [0.1, 0.15) is 0 Å². The molecule has 1 rings (SSSR count). The Kier molecular flexibility index (Phi) is 5.15. The number of rotatable bonds is 5. The van der Waals surface area contributed by atoms with E-state index >= 15 is 0 Å². The van der Waals surface area contributed by atoms with Crippen LogP contribution < -0.4 is 0 Å². The number of nitro groups is 1. The number of carbonyl (C=O) groups excluding carboxylic acids is 1. The Morgan fingerprint density at radius 1 is 1.50 bits per heavy atom. The minimum absolute atomic E-state index is 0.0253. The van der Waals surface area contributed by atoms with E-state index in [0.29, 0.717) is 4.90 Å². The summed E-state index contributed by atoms with van der Waals surface area (Å²) in [5, 5.41) is 10.9. The fourth-order valence-electron chi connectivity index (χ4n) is 1.33. The van der Waals surface area contributed by atoms with Gasteiger partial charge in [-0.25, -0.2) is 0 Å². The first-order chi connectivity index (χ1) is 8.40. The number of nitrogens with zero attached hydrogens (tertiary/aromatic N) is 1. The number of benzene rings is 1. The van der Waals surface area contributed by atoms with Crippen LogP contribution in [0.15, 0.2) is 23.1 Å². The van der Waals surface area contributed by atoms with Crippen LogP contribution in [0.25, 0.3) is 0 Å². The molecule has 18 heavy (non-hydrogen) atoms. The standard InChI is InChI=1S/C12H15NO4S/c1-8(2)17-12(14)7-18-11-5-4-9(3)6-10(11)13(15)16/h4-6,8H,7H2,1-3H3. The predicted octanol–water partition coefficient (Wildman–Crippen LogP) is 2.95. The molecule has 0 aliphatic carbocycles. The lowest BCUT2D eigenvalue weighted by atomic mass is 10.2. The van der Waals surface area contributed by atoms with Gasteiger partial charge in [-0.05, 0) is 32.4 Å². The number of esters is 1. The Morgan fingerprint density at radius 3 is 2.72 bits per heavy atom. The van der Waals surface area contributed by atoms with Crippen LogP contribution in [-0.2, 0) is 9.53 Å². The minimum Gasteiger partial charge on any atom is -0.462 e. The first-order valence-corrected chi connectivity index (χ1v) is 6.46. The van der Waals surface area contributed by atoms with Gasteiger partial charge in [0.25, 0.3) is 5.69 Å². The molecule has 0 bridgehead atoms. The van der Waals surface area contributed by atoms with E-state index in [9.17, 15) is 14.9 Å². The summed E-state index contributed by atoms with van der Waals surface area (Å²) in [7, 11) is 0. The summed E-state index contributed by atoms with van der Waals surface area (Å²) in [6.45, 7) is 5.31. The fourth-order valence-corrected chi connectivity index (χ4v) is 2.11. The van der Waals surface area contributed by atoms with Crippen LogP contribution in [-0.4, -0.2) is 22.7 Å². The molecule has 0 atom stereocenters. The molecule has 0 saturated carbocycles. The van der Waals surface area contributed by atoms with Crippen molar-refractivity contribution in [3.63, 3.8) is 0 Å². The minimum atomic E-state index is -0.441. The molecule has 0 saturated heterocycles. The van der Waals surface area contributed by atoms with E-state index in [1.165, 1.54) is 6.07 Å². The van der Waals surface area contributed by atoms with Gasteiger partial charge in [0.15, 0.2) is 0 Å². The SMILES string of the molecule is Cc1ccc(SCC(=O)OC(C)C)c([N+](=O)[O-])c1. The Morgan fingerprint density at radius 2 is 2.17 bits per heavy atom. The number of ether oxygens (including phenoxy) is 1. The van der Waals surface area contributed by atoms with Crippen molar-refractivity contribution in [3.05, 3.63) is 33.9 Å². The van der Waals surface area contributed by atoms with Crippen molar-refractivity contribution in [2.75, 3.05) is 5.75 Å². The number of nitro benzene ring substituents is 1. The Hall–Kier alpha value is -1.56. The highest BCUT2D eigenvalue weighted by Gasteiger charge is 2.16. The average Bonchev–Trinajstić information content (AvgIpc) is 2.26. The van der Waals surface area contributed by atoms with Gasteiger partial charge in [-0.15, -0.1) is 11.8 Å². The third-order valence-electron chi connectivity index (χ3n) is 2.02. The van der Waals surface area contributed by atoms with E-state index in [2.05, 4.69) is 0 Å². The van der Waals surface area contributed by atoms with E-state index in [1.807, 2.05) is 0 Å². The van der Waals surface area contributed by atoms with Crippen LogP contribution >= 0.6 is 11.8 Å². The molecular weight excluding hydrogens is 254 g/mol. The van der Waals surface area contributed by atoms with Crippen LogP contribution in [0.4, 0.5) is 5.69 Å². The zero-order valence-corrected chi connectivity index (χ0v) is 11.3. The van der Waals surface area contributed by atoms with E-state index in [1.54, 1.807) is 32.9 Å². The lowest BCUT2D eigenvalue weighted by molar-refractivity contribution is -0.387. The van der Waals surface area contributed by atoms with Crippen LogP contribution in [0, 0.1) is 17.0 Å². The topological polar surface area (TPSA) is 69.4 Å². The molecular formula is C12H15NO4S. The Labute approximate surface area is 110 Å². The molecule has 0 aromatic heterocycles. The summed E-state index contributed by atoms with van der Waals surface area (Å²) in [5.41, 5.74) is 0.841. The quantitative estimate of drug-likeness (QED) is 0.356. The largest absolute Gasteiger partial charge is 0.462 e. The van der Waals surface area contributed by atoms with Gasteiger partial charge in [0.05, 0.1) is 21.7 Å². The van der Waals surface area contributed by atoms with Gasteiger partial charge in [-0.2, -0.15) is 0 Å². The van der Waals surface area contributed by atoms with Crippen molar-refractivity contribution >= 4 is 23.4 Å². The third-order valence-corrected chi connectivity index (χ3v) is 3.06. The molecule has 0 amide bonds. The van der Waals surface area contributed by atoms with Gasteiger partial charge in [0, 0.05) is 6.07 Å². The maximum absolute atomic E-state index is 11.4. The predicted molar refractivity (Wildman–Crippen MR) is 69.8 cm³/mol. The summed E-state index contributed by atoms with van der Waals surface area (Å²) >= 11 is 1.12. The average molecular weight is 269 g/mol. The number of carbonyl (C=O) groups is 1. The highest BCUT2D eigenvalue weighted by Crippen LogP contribution is 2.29. The van der Waals surface area contributed by atoms with Crippen molar-refractivity contribution in [1.82, 2.24) is 0 Å². The summed E-state index contributed by atoms with van der Waals surface area (Å²) < 4.78 is 4.97. The van der Waals surface area contributed by atoms with Crippen LogP contribution in [0.1, 0.15) is 19.4 Å². The lowest BCUT2D eigenvalue weighted by Gasteiger charge is -2.07. The molecule has 0 unspecified atom stereocenters. The molecule has 0 aliphatic heterocycles. The fraction of sp³-hybridized carbons (Fsp3) is 0.417. The van der Waals surface area contributed by atoms with E-state index < -0.39 is 4.92 Å². The maximum Gasteiger partial charge on any atom is 0.316 e.